The lowest BCUT2D eigenvalue weighted by atomic mass is 10.2. The normalized spacial score (nSPS) is 12.6. The molecule has 0 atom stereocenters. The fraction of sp³-hybridized carbons (Fsp3) is 0.818. The van der Waals surface area contributed by atoms with Gasteiger partial charge in [0.15, 0.2) is 0 Å². The summed E-state index contributed by atoms with van der Waals surface area (Å²) in [5.74, 6) is -0.525. The van der Waals surface area contributed by atoms with Gasteiger partial charge in [-0.2, -0.15) is 0 Å². The number of ether oxygens (including phenoxy) is 1. The number of esters is 1. The van der Waals surface area contributed by atoms with Crippen LogP contribution in [0.3, 0.4) is 0 Å². The second-order valence-electron chi connectivity index (χ2n) is 3.72. The second-order valence-corrected chi connectivity index (χ2v) is 3.72. The van der Waals surface area contributed by atoms with Crippen molar-refractivity contribution in [1.29, 1.82) is 0 Å². The Balaban J connectivity index is 4.70. The van der Waals surface area contributed by atoms with Gasteiger partial charge in [-0.1, -0.05) is 5.16 Å². The summed E-state index contributed by atoms with van der Waals surface area (Å²) in [5, 5.41) is 11.9. The maximum atomic E-state index is 11.5. The molecule has 0 rings (SSSR count). The van der Waals surface area contributed by atoms with Crippen LogP contribution in [0.2, 0.25) is 0 Å². The molecule has 16 heavy (non-hydrogen) atoms. The highest BCUT2D eigenvalue weighted by Gasteiger charge is 2.28. The van der Waals surface area contributed by atoms with E-state index >= 15 is 0 Å². The molecule has 0 amide bonds. The van der Waals surface area contributed by atoms with Gasteiger partial charge in [-0.05, 0) is 27.7 Å². The van der Waals surface area contributed by atoms with Crippen molar-refractivity contribution in [3.05, 3.63) is 0 Å². The van der Waals surface area contributed by atoms with Crippen LogP contribution in [0, 0.1) is 0 Å². The molecule has 0 saturated heterocycles. The van der Waals surface area contributed by atoms with E-state index < -0.39 is 5.97 Å². The molecule has 5 nitrogen and oxygen atoms in total. The topological polar surface area (TPSA) is 58.9 Å². The minimum absolute atomic E-state index is 0.104. The summed E-state index contributed by atoms with van der Waals surface area (Å²) in [6.45, 7) is 11.3. The van der Waals surface area contributed by atoms with E-state index in [0.29, 0.717) is 13.2 Å². The lowest BCUT2D eigenvalue weighted by Crippen LogP contribution is -2.52. The molecule has 94 valence electrons. The van der Waals surface area contributed by atoms with Gasteiger partial charge in [0.25, 0.3) is 0 Å². The summed E-state index contributed by atoms with van der Waals surface area (Å²) in [7, 11) is 0. The smallest absolute Gasteiger partial charge is 0.362 e. The molecular weight excluding hydrogens is 208 g/mol. The molecule has 0 aromatic carbocycles. The van der Waals surface area contributed by atoms with Gasteiger partial charge in [-0.3, -0.25) is 0 Å². The number of carbonyl (C=O) groups is 1. The van der Waals surface area contributed by atoms with Crippen LogP contribution >= 0.6 is 0 Å². The first-order valence-corrected chi connectivity index (χ1v) is 5.82. The van der Waals surface area contributed by atoms with Gasteiger partial charge in [0, 0.05) is 0 Å². The molecule has 0 aromatic heterocycles. The zero-order valence-electron chi connectivity index (χ0n) is 10.7. The van der Waals surface area contributed by atoms with Crippen molar-refractivity contribution in [2.75, 3.05) is 32.8 Å². The third kappa shape index (κ3) is 3.81. The van der Waals surface area contributed by atoms with Crippen LogP contribution in [0.5, 0.6) is 0 Å². The van der Waals surface area contributed by atoms with Gasteiger partial charge in [0.1, 0.15) is 6.54 Å². The van der Waals surface area contributed by atoms with E-state index in [1.165, 1.54) is 0 Å². The summed E-state index contributed by atoms with van der Waals surface area (Å²) >= 11 is 0. The molecule has 0 aromatic rings. The molecule has 0 heterocycles. The lowest BCUT2D eigenvalue weighted by Gasteiger charge is -2.35. The Kier molecular flexibility index (Phi) is 6.72. The highest BCUT2D eigenvalue weighted by atomic mass is 16.5. The molecule has 1 N–H and O–H groups in total. The fourth-order valence-electron chi connectivity index (χ4n) is 1.68. The Morgan fingerprint density at radius 2 is 1.69 bits per heavy atom. The number of rotatable bonds is 7. The Labute approximate surface area is 97.3 Å². The third-order valence-corrected chi connectivity index (χ3v) is 3.13. The van der Waals surface area contributed by atoms with Crippen LogP contribution in [0.25, 0.3) is 0 Å². The molecule has 0 spiro atoms. The predicted octanol–water partition coefficient (Wildman–Crippen LogP) is 1.26. The zero-order valence-corrected chi connectivity index (χ0v) is 10.7. The summed E-state index contributed by atoms with van der Waals surface area (Å²) in [6.07, 6.45) is 0. The highest BCUT2D eigenvalue weighted by Crippen LogP contribution is 2.06. The van der Waals surface area contributed by atoms with E-state index in [-0.39, 0.29) is 5.71 Å². The van der Waals surface area contributed by atoms with Gasteiger partial charge in [-0.25, -0.2) is 4.79 Å². The minimum Gasteiger partial charge on any atom is -0.461 e. The van der Waals surface area contributed by atoms with Crippen molar-refractivity contribution in [2.24, 2.45) is 5.16 Å². The molecule has 0 fully saturated rings. The predicted molar refractivity (Wildman–Crippen MR) is 62.6 cm³/mol. The van der Waals surface area contributed by atoms with E-state index in [2.05, 4.69) is 25.9 Å². The number of nitrogens with zero attached hydrogens (tertiary/aromatic N) is 2. The van der Waals surface area contributed by atoms with Crippen molar-refractivity contribution in [3.63, 3.8) is 0 Å². The first kappa shape index (κ1) is 14.9. The van der Waals surface area contributed by atoms with E-state index in [4.69, 9.17) is 9.94 Å². The number of oxime groups is 1. The largest absolute Gasteiger partial charge is 0.461 e. The Hall–Kier alpha value is -1.10. The molecule has 0 aliphatic carbocycles. The SMILES string of the molecule is CCOC(=O)/C(C[N+](CC)(CC)CC)=N/O. The molecule has 0 aliphatic rings. The zero-order chi connectivity index (χ0) is 12.6. The fourth-order valence-corrected chi connectivity index (χ4v) is 1.68. The average Bonchev–Trinajstić information content (AvgIpc) is 2.32. The molecule has 0 bridgehead atoms. The van der Waals surface area contributed by atoms with Crippen molar-refractivity contribution in [3.8, 4) is 0 Å². The maximum Gasteiger partial charge on any atom is 0.362 e. The van der Waals surface area contributed by atoms with Crippen LogP contribution < -0.4 is 0 Å². The Bertz CT molecular complexity index is 239. The highest BCUT2D eigenvalue weighted by molar-refractivity contribution is 6.36. The van der Waals surface area contributed by atoms with Crippen LogP contribution in [0.15, 0.2) is 5.16 Å². The van der Waals surface area contributed by atoms with Crippen LogP contribution in [0.1, 0.15) is 27.7 Å². The molecular formula is C11H23N2O3+. The number of hydrogen-bond acceptors (Lipinski definition) is 4. The van der Waals surface area contributed by atoms with Crippen LogP contribution in [-0.2, 0) is 9.53 Å². The second kappa shape index (κ2) is 7.22. The monoisotopic (exact) mass is 231 g/mol. The number of carbonyl (C=O) groups excluding carboxylic acids is 1. The Morgan fingerprint density at radius 1 is 1.19 bits per heavy atom. The van der Waals surface area contributed by atoms with E-state index in [9.17, 15) is 4.79 Å². The first-order chi connectivity index (χ1) is 7.59. The first-order valence-electron chi connectivity index (χ1n) is 5.82. The standard InChI is InChI=1S/C11H22N2O3/c1-5-13(6-2,7-3)9-10(12-15)11(14)16-8-4/h5-9H2,1-4H3/p+1. The van der Waals surface area contributed by atoms with Gasteiger partial charge in [0.2, 0.25) is 5.71 Å². The van der Waals surface area contributed by atoms with Gasteiger partial charge >= 0.3 is 5.97 Å². The van der Waals surface area contributed by atoms with E-state index in [1.54, 1.807) is 6.92 Å². The van der Waals surface area contributed by atoms with Crippen LogP contribution in [0.4, 0.5) is 0 Å². The minimum atomic E-state index is -0.525. The molecule has 0 radical (unpaired) electrons. The van der Waals surface area contributed by atoms with Crippen molar-refractivity contribution >= 4 is 11.7 Å². The van der Waals surface area contributed by atoms with Gasteiger partial charge < -0.3 is 14.4 Å². The van der Waals surface area contributed by atoms with E-state index in [1.807, 2.05) is 0 Å². The molecule has 0 saturated carbocycles. The average molecular weight is 231 g/mol. The maximum absolute atomic E-state index is 11.5. The van der Waals surface area contributed by atoms with Crippen molar-refractivity contribution in [2.45, 2.75) is 27.7 Å². The van der Waals surface area contributed by atoms with E-state index in [0.717, 1.165) is 24.1 Å². The number of hydrogen-bond donors (Lipinski definition) is 1. The quantitative estimate of drug-likeness (QED) is 0.236. The van der Waals surface area contributed by atoms with Crippen LogP contribution in [-0.4, -0.2) is 54.2 Å². The number of quaternary nitrogens is 1. The molecule has 5 heteroatoms. The summed E-state index contributed by atoms with van der Waals surface area (Å²) in [5.41, 5.74) is 0.104. The van der Waals surface area contributed by atoms with Crippen molar-refractivity contribution in [1.82, 2.24) is 0 Å². The summed E-state index contributed by atoms with van der Waals surface area (Å²) in [4.78, 5) is 11.5. The molecule has 0 unspecified atom stereocenters. The van der Waals surface area contributed by atoms with Gasteiger partial charge in [-0.15, -0.1) is 0 Å². The summed E-state index contributed by atoms with van der Waals surface area (Å²) in [6, 6.07) is 0. The van der Waals surface area contributed by atoms with Gasteiger partial charge in [0.05, 0.1) is 26.2 Å². The molecule has 0 aliphatic heterocycles. The third-order valence-electron chi connectivity index (χ3n) is 3.13. The summed E-state index contributed by atoms with van der Waals surface area (Å²) < 4.78 is 5.56. The Morgan fingerprint density at radius 3 is 2.00 bits per heavy atom. The van der Waals surface area contributed by atoms with Crippen molar-refractivity contribution < 1.29 is 19.2 Å². The lowest BCUT2D eigenvalue weighted by molar-refractivity contribution is -0.914.